The quantitative estimate of drug-likeness (QED) is 0.585. The van der Waals surface area contributed by atoms with E-state index in [0.717, 1.165) is 6.07 Å². The van der Waals surface area contributed by atoms with Crippen LogP contribution in [-0.2, 0) is 22.6 Å². The molecule has 0 atom stereocenters. The monoisotopic (exact) mass is 434 g/mol. The molecule has 2 heterocycles. The Morgan fingerprint density at radius 3 is 2.33 bits per heavy atom. The highest BCUT2D eigenvalue weighted by Crippen LogP contribution is 2.30. The van der Waals surface area contributed by atoms with Gasteiger partial charge < -0.3 is 4.57 Å². The molecule has 0 saturated carbocycles. The highest BCUT2D eigenvalue weighted by atomic mass is 32.2. The minimum absolute atomic E-state index is 0.0918. The molecule has 0 N–H and O–H groups in total. The molecule has 3 aromatic rings. The van der Waals surface area contributed by atoms with Crippen molar-refractivity contribution in [1.82, 2.24) is 14.5 Å². The summed E-state index contributed by atoms with van der Waals surface area (Å²) in [5, 5.41) is 7.88. The van der Waals surface area contributed by atoms with E-state index in [2.05, 4.69) is 9.97 Å². The van der Waals surface area contributed by atoms with E-state index in [-0.39, 0.29) is 17.8 Å². The van der Waals surface area contributed by atoms with Crippen LogP contribution in [0.1, 0.15) is 16.8 Å². The number of rotatable bonds is 4. The van der Waals surface area contributed by atoms with Gasteiger partial charge in [-0.3, -0.25) is 4.79 Å². The van der Waals surface area contributed by atoms with Crippen molar-refractivity contribution in [3.8, 4) is 17.3 Å². The van der Waals surface area contributed by atoms with Gasteiger partial charge >= 0.3 is 6.18 Å². The molecule has 0 fully saturated rings. The summed E-state index contributed by atoms with van der Waals surface area (Å²) in [4.78, 5) is 19.0. The van der Waals surface area contributed by atoms with Crippen LogP contribution in [0.4, 0.5) is 13.2 Å². The smallest absolute Gasteiger partial charge is 0.310 e. The molecule has 0 unspecified atom stereocenters. The highest BCUT2D eigenvalue weighted by Gasteiger charge is 2.35. The molecule has 0 radical (unpaired) electrons. The normalized spacial score (nSPS) is 11.8. The van der Waals surface area contributed by atoms with Crippen molar-refractivity contribution < 1.29 is 21.6 Å². The van der Waals surface area contributed by atoms with E-state index in [4.69, 9.17) is 5.26 Å². The van der Waals surface area contributed by atoms with Gasteiger partial charge in [-0.15, -0.1) is 0 Å². The molecule has 0 aliphatic carbocycles. The Morgan fingerprint density at radius 1 is 1.10 bits per heavy atom. The molecule has 0 aliphatic rings. The van der Waals surface area contributed by atoms with Crippen LogP contribution < -0.4 is 5.56 Å². The van der Waals surface area contributed by atoms with Crippen molar-refractivity contribution >= 4 is 9.84 Å². The third kappa shape index (κ3) is 4.72. The van der Waals surface area contributed by atoms with E-state index in [0.29, 0.717) is 23.4 Å². The highest BCUT2D eigenvalue weighted by molar-refractivity contribution is 7.90. The summed E-state index contributed by atoms with van der Waals surface area (Å²) >= 11 is 0. The third-order valence-corrected chi connectivity index (χ3v) is 4.89. The molecular formula is C19H13F3N4O3S. The first-order chi connectivity index (χ1) is 14.0. The van der Waals surface area contributed by atoms with Crippen LogP contribution in [0.2, 0.25) is 0 Å². The Balaban J connectivity index is 2.09. The van der Waals surface area contributed by atoms with Gasteiger partial charge in [0, 0.05) is 24.1 Å². The molecule has 30 heavy (non-hydrogen) atoms. The first kappa shape index (κ1) is 21.2. The predicted molar refractivity (Wildman–Crippen MR) is 100 cm³/mol. The first-order valence-corrected chi connectivity index (χ1v) is 10.2. The summed E-state index contributed by atoms with van der Waals surface area (Å²) in [7, 11) is -4.11. The number of hydrogen-bond donors (Lipinski definition) is 0. The fraction of sp³-hybridized carbons (Fsp3) is 0.158. The van der Waals surface area contributed by atoms with Crippen LogP contribution in [0.5, 0.6) is 0 Å². The number of halogens is 3. The summed E-state index contributed by atoms with van der Waals surface area (Å²) in [5.74, 6) is 0. The van der Waals surface area contributed by atoms with Crippen LogP contribution in [0.15, 0.2) is 58.6 Å². The zero-order valence-electron chi connectivity index (χ0n) is 15.4. The van der Waals surface area contributed by atoms with Crippen molar-refractivity contribution in [3.63, 3.8) is 0 Å². The van der Waals surface area contributed by atoms with E-state index >= 15 is 0 Å². The lowest BCUT2D eigenvalue weighted by Gasteiger charge is -2.12. The SMILES string of the molecule is CS(=O)(=O)c1nc(-c2ccc(=O)n(Cc3ccc(C#N)cc3)c2)cc(C(F)(F)F)n1. The van der Waals surface area contributed by atoms with E-state index in [9.17, 15) is 26.4 Å². The molecule has 2 aromatic heterocycles. The van der Waals surface area contributed by atoms with Gasteiger partial charge in [-0.25, -0.2) is 18.4 Å². The van der Waals surface area contributed by atoms with Crippen molar-refractivity contribution in [2.45, 2.75) is 17.9 Å². The summed E-state index contributed by atoms with van der Waals surface area (Å²) in [6.45, 7) is 0.0918. The minimum atomic E-state index is -4.88. The van der Waals surface area contributed by atoms with Crippen molar-refractivity contribution in [1.29, 1.82) is 5.26 Å². The molecule has 11 heteroatoms. The van der Waals surface area contributed by atoms with Crippen molar-refractivity contribution in [2.75, 3.05) is 6.26 Å². The van der Waals surface area contributed by atoms with Crippen LogP contribution in [0.25, 0.3) is 11.3 Å². The molecule has 154 valence electrons. The number of pyridine rings is 1. The number of nitriles is 1. The molecule has 0 bridgehead atoms. The molecule has 7 nitrogen and oxygen atoms in total. The Labute approximate surface area is 169 Å². The van der Waals surface area contributed by atoms with E-state index < -0.39 is 32.4 Å². The van der Waals surface area contributed by atoms with Gasteiger partial charge in [0.15, 0.2) is 0 Å². The average molecular weight is 434 g/mol. The maximum absolute atomic E-state index is 13.2. The Morgan fingerprint density at radius 2 is 1.77 bits per heavy atom. The van der Waals surface area contributed by atoms with Gasteiger partial charge in [0.2, 0.25) is 15.0 Å². The Hall–Kier alpha value is -3.52. The van der Waals surface area contributed by atoms with Gasteiger partial charge in [-0.2, -0.15) is 18.4 Å². The molecule has 1 aromatic carbocycles. The molecule has 0 amide bonds. The van der Waals surface area contributed by atoms with Gasteiger partial charge in [0.05, 0.1) is 23.9 Å². The zero-order chi connectivity index (χ0) is 22.1. The second kappa shape index (κ2) is 7.72. The summed E-state index contributed by atoms with van der Waals surface area (Å²) in [6, 6.07) is 11.4. The predicted octanol–water partition coefficient (Wildman–Crippen LogP) is 2.65. The van der Waals surface area contributed by atoms with E-state index in [1.165, 1.54) is 16.8 Å². The summed E-state index contributed by atoms with van der Waals surface area (Å²) < 4.78 is 64.3. The van der Waals surface area contributed by atoms with E-state index in [1.807, 2.05) is 6.07 Å². The van der Waals surface area contributed by atoms with Crippen LogP contribution >= 0.6 is 0 Å². The second-order valence-electron chi connectivity index (χ2n) is 6.38. The summed E-state index contributed by atoms with van der Waals surface area (Å²) in [6.07, 6.45) is -2.89. The number of sulfone groups is 1. The lowest BCUT2D eigenvalue weighted by molar-refractivity contribution is -0.141. The largest absolute Gasteiger partial charge is 0.433 e. The molecular weight excluding hydrogens is 421 g/mol. The van der Waals surface area contributed by atoms with Crippen molar-refractivity contribution in [3.05, 3.63) is 75.8 Å². The van der Waals surface area contributed by atoms with Gasteiger partial charge in [0.1, 0.15) is 5.69 Å². The maximum Gasteiger partial charge on any atom is 0.433 e. The topological polar surface area (TPSA) is 106 Å². The zero-order valence-corrected chi connectivity index (χ0v) is 16.2. The molecule has 3 rings (SSSR count). The van der Waals surface area contributed by atoms with Crippen LogP contribution in [-0.4, -0.2) is 29.2 Å². The second-order valence-corrected chi connectivity index (χ2v) is 8.29. The minimum Gasteiger partial charge on any atom is -0.310 e. The van der Waals surface area contributed by atoms with Gasteiger partial charge in [-0.1, -0.05) is 12.1 Å². The average Bonchev–Trinajstić information content (AvgIpc) is 2.68. The van der Waals surface area contributed by atoms with Crippen LogP contribution in [0.3, 0.4) is 0 Å². The van der Waals surface area contributed by atoms with Crippen molar-refractivity contribution in [2.24, 2.45) is 0 Å². The molecule has 0 spiro atoms. The maximum atomic E-state index is 13.2. The first-order valence-electron chi connectivity index (χ1n) is 8.33. The Bertz CT molecular complexity index is 1310. The van der Waals surface area contributed by atoms with Gasteiger partial charge in [0.25, 0.3) is 5.56 Å². The number of aromatic nitrogens is 3. The Kier molecular flexibility index (Phi) is 5.45. The van der Waals surface area contributed by atoms with E-state index in [1.54, 1.807) is 24.3 Å². The fourth-order valence-corrected chi connectivity index (χ4v) is 3.10. The number of benzene rings is 1. The summed E-state index contributed by atoms with van der Waals surface area (Å²) in [5.41, 5.74) is -0.876. The lowest BCUT2D eigenvalue weighted by atomic mass is 10.1. The fourth-order valence-electron chi connectivity index (χ4n) is 2.57. The number of nitrogens with zero attached hydrogens (tertiary/aromatic N) is 4. The molecule has 0 aliphatic heterocycles. The van der Waals surface area contributed by atoms with Gasteiger partial charge in [-0.05, 0) is 29.8 Å². The third-order valence-electron chi connectivity index (χ3n) is 4.04. The number of hydrogen-bond acceptors (Lipinski definition) is 6. The standard InChI is InChI=1S/C19H13F3N4O3S/c1-30(28,29)18-24-15(8-16(25-18)19(20,21)22)14-6-7-17(27)26(11-14)10-13-4-2-12(9-23)3-5-13/h2-8,11H,10H2,1H3. The lowest BCUT2D eigenvalue weighted by Crippen LogP contribution is -2.19. The van der Waals surface area contributed by atoms with Crippen LogP contribution in [0, 0.1) is 11.3 Å². The molecule has 0 saturated heterocycles. The number of alkyl halides is 3.